The number of rotatable bonds is 2. The monoisotopic (exact) mass is 247 g/mol. The molecule has 0 bridgehead atoms. The summed E-state index contributed by atoms with van der Waals surface area (Å²) in [7, 11) is 0. The molecule has 0 unspecified atom stereocenters. The van der Waals surface area contributed by atoms with Crippen molar-refractivity contribution in [3.8, 4) is 0 Å². The first-order valence-corrected chi connectivity index (χ1v) is 5.83. The molecule has 1 saturated heterocycles. The van der Waals surface area contributed by atoms with Crippen LogP contribution in [0.5, 0.6) is 0 Å². The Labute approximate surface area is 103 Å². The summed E-state index contributed by atoms with van der Waals surface area (Å²) in [6.07, 6.45) is 2.89. The Balaban J connectivity index is 1.92. The average molecular weight is 247 g/mol. The second-order valence-corrected chi connectivity index (χ2v) is 4.65. The third-order valence-corrected chi connectivity index (χ3v) is 3.53. The summed E-state index contributed by atoms with van der Waals surface area (Å²) in [5.74, 6) is 0.0547. The molecule has 0 aromatic carbocycles. The van der Waals surface area contributed by atoms with Crippen LogP contribution in [0.3, 0.4) is 0 Å². The number of carbonyl (C=O) groups excluding carboxylic acids is 2. The molecular weight excluding hydrogens is 234 g/mol. The number of nitrogens with one attached hydrogen (secondary N) is 2. The molecule has 2 N–H and O–H groups in total. The van der Waals surface area contributed by atoms with Crippen molar-refractivity contribution in [2.24, 2.45) is 0 Å². The van der Waals surface area contributed by atoms with E-state index in [2.05, 4.69) is 5.32 Å². The standard InChI is InChI=1S/C12H13N3O3/c13-10-11(17)14-6-9(16)15(12(10)3-4-12)7-8-2-1-5-18-8/h1-2,5,13H,3-4,6-7H2,(H,14,17). The molecule has 6 nitrogen and oxygen atoms in total. The summed E-state index contributed by atoms with van der Waals surface area (Å²) in [6.45, 7) is 0.257. The molecule has 6 heteroatoms. The number of furan rings is 1. The molecule has 1 spiro atoms. The van der Waals surface area contributed by atoms with E-state index >= 15 is 0 Å². The van der Waals surface area contributed by atoms with Gasteiger partial charge < -0.3 is 14.6 Å². The molecule has 1 saturated carbocycles. The van der Waals surface area contributed by atoms with Crippen LogP contribution in [-0.2, 0) is 16.1 Å². The molecular formula is C12H13N3O3. The fraction of sp³-hybridized carbons (Fsp3) is 0.417. The largest absolute Gasteiger partial charge is 0.467 e. The van der Waals surface area contributed by atoms with Gasteiger partial charge >= 0.3 is 0 Å². The van der Waals surface area contributed by atoms with Gasteiger partial charge in [0, 0.05) is 0 Å². The van der Waals surface area contributed by atoms with Gasteiger partial charge in [-0.3, -0.25) is 15.0 Å². The maximum Gasteiger partial charge on any atom is 0.267 e. The number of nitrogens with zero attached hydrogens (tertiary/aromatic N) is 1. The Bertz CT molecular complexity index is 517. The normalized spacial score (nSPS) is 22.0. The van der Waals surface area contributed by atoms with Gasteiger partial charge in [0.15, 0.2) is 0 Å². The third-order valence-electron chi connectivity index (χ3n) is 3.53. The van der Waals surface area contributed by atoms with Crippen LogP contribution in [0.4, 0.5) is 0 Å². The smallest absolute Gasteiger partial charge is 0.267 e. The van der Waals surface area contributed by atoms with Crippen LogP contribution in [0.25, 0.3) is 0 Å². The maximum atomic E-state index is 12.1. The lowest BCUT2D eigenvalue weighted by molar-refractivity contribution is -0.132. The SMILES string of the molecule is N=C1C(=O)NCC(=O)N(Cc2ccco2)C12CC2. The zero-order chi connectivity index (χ0) is 12.8. The quantitative estimate of drug-likeness (QED) is 0.787. The Morgan fingerprint density at radius 3 is 2.83 bits per heavy atom. The summed E-state index contributed by atoms with van der Waals surface area (Å²) >= 11 is 0. The summed E-state index contributed by atoms with van der Waals surface area (Å²) in [4.78, 5) is 25.3. The van der Waals surface area contributed by atoms with Gasteiger partial charge in [0.2, 0.25) is 5.91 Å². The second-order valence-electron chi connectivity index (χ2n) is 4.65. The molecule has 2 heterocycles. The molecule has 0 radical (unpaired) electrons. The molecule has 2 amide bonds. The van der Waals surface area contributed by atoms with Gasteiger partial charge in [0.05, 0.1) is 24.9 Å². The van der Waals surface area contributed by atoms with Gasteiger partial charge in [0.1, 0.15) is 11.5 Å². The second kappa shape index (κ2) is 3.69. The van der Waals surface area contributed by atoms with Crippen LogP contribution >= 0.6 is 0 Å². The van der Waals surface area contributed by atoms with Crippen molar-refractivity contribution in [3.05, 3.63) is 24.2 Å². The number of carbonyl (C=O) groups is 2. The lowest BCUT2D eigenvalue weighted by atomic mass is 10.1. The van der Waals surface area contributed by atoms with Gasteiger partial charge in [-0.1, -0.05) is 0 Å². The molecule has 18 heavy (non-hydrogen) atoms. The van der Waals surface area contributed by atoms with Crippen molar-refractivity contribution in [3.63, 3.8) is 0 Å². The third kappa shape index (κ3) is 1.53. The first kappa shape index (κ1) is 11.0. The Kier molecular flexibility index (Phi) is 2.26. The van der Waals surface area contributed by atoms with Gasteiger partial charge in [-0.2, -0.15) is 0 Å². The van der Waals surface area contributed by atoms with E-state index in [4.69, 9.17) is 9.83 Å². The molecule has 2 aliphatic rings. The summed E-state index contributed by atoms with van der Waals surface area (Å²) in [5, 5.41) is 10.4. The first-order valence-electron chi connectivity index (χ1n) is 5.83. The van der Waals surface area contributed by atoms with E-state index in [-0.39, 0.29) is 18.2 Å². The summed E-state index contributed by atoms with van der Waals surface area (Å²) in [6, 6.07) is 3.54. The van der Waals surface area contributed by atoms with Gasteiger partial charge in [-0.15, -0.1) is 0 Å². The molecule has 1 aliphatic carbocycles. The number of hydrogen-bond acceptors (Lipinski definition) is 4. The van der Waals surface area contributed by atoms with Crippen molar-refractivity contribution >= 4 is 17.5 Å². The lowest BCUT2D eigenvalue weighted by Crippen LogP contribution is -2.46. The topological polar surface area (TPSA) is 86.4 Å². The fourth-order valence-electron chi connectivity index (χ4n) is 2.36. The predicted octanol–water partition coefficient (Wildman–Crippen LogP) is 0.290. The van der Waals surface area contributed by atoms with Crippen LogP contribution < -0.4 is 5.32 Å². The Morgan fingerprint density at radius 2 is 2.22 bits per heavy atom. The van der Waals surface area contributed by atoms with Crippen LogP contribution in [0.1, 0.15) is 18.6 Å². The van der Waals surface area contributed by atoms with Crippen LogP contribution in [0.15, 0.2) is 22.8 Å². The molecule has 1 aromatic rings. The van der Waals surface area contributed by atoms with E-state index < -0.39 is 11.4 Å². The molecule has 1 aliphatic heterocycles. The fourth-order valence-corrected chi connectivity index (χ4v) is 2.36. The zero-order valence-electron chi connectivity index (χ0n) is 9.73. The van der Waals surface area contributed by atoms with E-state index in [9.17, 15) is 9.59 Å². The maximum absolute atomic E-state index is 12.1. The van der Waals surface area contributed by atoms with Crippen LogP contribution in [0, 0.1) is 5.41 Å². The van der Waals surface area contributed by atoms with E-state index in [0.717, 1.165) is 0 Å². The zero-order valence-corrected chi connectivity index (χ0v) is 9.73. The summed E-state index contributed by atoms with van der Waals surface area (Å²) < 4.78 is 5.24. The van der Waals surface area contributed by atoms with Crippen molar-refractivity contribution in [1.82, 2.24) is 10.2 Å². The molecule has 0 atom stereocenters. The van der Waals surface area contributed by atoms with E-state index in [0.29, 0.717) is 25.1 Å². The summed E-state index contributed by atoms with van der Waals surface area (Å²) in [5.41, 5.74) is -0.718. The minimum atomic E-state index is -0.704. The Morgan fingerprint density at radius 1 is 1.44 bits per heavy atom. The average Bonchev–Trinajstić information content (AvgIpc) is 3.02. The highest BCUT2D eigenvalue weighted by atomic mass is 16.3. The van der Waals surface area contributed by atoms with E-state index in [1.807, 2.05) is 0 Å². The number of amides is 2. The lowest BCUT2D eigenvalue weighted by Gasteiger charge is -2.28. The number of hydrogen-bond donors (Lipinski definition) is 2. The highest BCUT2D eigenvalue weighted by Gasteiger charge is 2.57. The van der Waals surface area contributed by atoms with Crippen molar-refractivity contribution in [1.29, 1.82) is 5.41 Å². The molecule has 94 valence electrons. The molecule has 3 rings (SSSR count). The van der Waals surface area contributed by atoms with Gasteiger partial charge in [0.25, 0.3) is 5.91 Å². The minimum Gasteiger partial charge on any atom is -0.467 e. The molecule has 2 fully saturated rings. The van der Waals surface area contributed by atoms with Crippen LogP contribution in [-0.4, -0.2) is 34.5 Å². The van der Waals surface area contributed by atoms with Gasteiger partial charge in [-0.05, 0) is 25.0 Å². The highest BCUT2D eigenvalue weighted by Crippen LogP contribution is 2.44. The van der Waals surface area contributed by atoms with Crippen molar-refractivity contribution < 1.29 is 14.0 Å². The van der Waals surface area contributed by atoms with Crippen LogP contribution in [0.2, 0.25) is 0 Å². The van der Waals surface area contributed by atoms with Gasteiger partial charge in [-0.25, -0.2) is 0 Å². The minimum absolute atomic E-state index is 0.0140. The van der Waals surface area contributed by atoms with Crippen molar-refractivity contribution in [2.45, 2.75) is 24.9 Å². The predicted molar refractivity (Wildman–Crippen MR) is 62.0 cm³/mol. The van der Waals surface area contributed by atoms with E-state index in [1.165, 1.54) is 0 Å². The van der Waals surface area contributed by atoms with Crippen molar-refractivity contribution in [2.75, 3.05) is 6.54 Å². The Hall–Kier alpha value is -2.11. The van der Waals surface area contributed by atoms with E-state index in [1.54, 1.807) is 23.3 Å². The highest BCUT2D eigenvalue weighted by molar-refractivity contribution is 6.43. The first-order chi connectivity index (χ1) is 8.63. The molecule has 1 aromatic heterocycles.